The standard InChI is InChI=1S/C19H28BrN5O.HI/c1-2-22-18(24-16-6-10-25(11-7-16)17(21)26)23-13-19(8-9-19)14-4-3-5-15(20)12-14;/h3-5,12,16H,2,6-11,13H2,1H3,(H2,21,26)(H2,22,23,24);1H. The average molecular weight is 550 g/mol. The molecule has 1 saturated heterocycles. The molecule has 1 saturated carbocycles. The summed E-state index contributed by atoms with van der Waals surface area (Å²) in [6.45, 7) is 5.10. The Morgan fingerprint density at radius 3 is 2.63 bits per heavy atom. The topological polar surface area (TPSA) is 82.8 Å². The molecule has 1 aliphatic carbocycles. The van der Waals surface area contributed by atoms with E-state index in [9.17, 15) is 4.79 Å². The fourth-order valence-corrected chi connectivity index (χ4v) is 3.89. The van der Waals surface area contributed by atoms with Crippen molar-refractivity contribution in [2.24, 2.45) is 10.7 Å². The van der Waals surface area contributed by atoms with Gasteiger partial charge in [0, 0.05) is 35.6 Å². The van der Waals surface area contributed by atoms with Crippen LogP contribution in [-0.2, 0) is 5.41 Å². The minimum Gasteiger partial charge on any atom is -0.357 e. The Morgan fingerprint density at radius 2 is 2.07 bits per heavy atom. The Morgan fingerprint density at radius 1 is 1.37 bits per heavy atom. The molecule has 150 valence electrons. The van der Waals surface area contributed by atoms with E-state index in [1.807, 2.05) is 0 Å². The van der Waals surface area contributed by atoms with Crippen molar-refractivity contribution in [3.8, 4) is 0 Å². The number of nitrogens with zero attached hydrogens (tertiary/aromatic N) is 2. The second-order valence-electron chi connectivity index (χ2n) is 7.23. The summed E-state index contributed by atoms with van der Waals surface area (Å²) in [5.41, 5.74) is 6.90. The quantitative estimate of drug-likeness (QED) is 0.300. The fourth-order valence-electron chi connectivity index (χ4n) is 3.50. The van der Waals surface area contributed by atoms with Crippen molar-refractivity contribution in [1.29, 1.82) is 0 Å². The third-order valence-electron chi connectivity index (χ3n) is 5.32. The number of piperidine rings is 1. The number of urea groups is 1. The Labute approximate surface area is 186 Å². The van der Waals surface area contributed by atoms with E-state index in [4.69, 9.17) is 10.7 Å². The molecule has 27 heavy (non-hydrogen) atoms. The van der Waals surface area contributed by atoms with E-state index in [-0.39, 0.29) is 35.4 Å². The molecule has 1 aliphatic heterocycles. The van der Waals surface area contributed by atoms with E-state index in [1.54, 1.807) is 4.90 Å². The predicted molar refractivity (Wildman–Crippen MR) is 124 cm³/mol. The average Bonchev–Trinajstić information content (AvgIpc) is 3.42. The van der Waals surface area contributed by atoms with E-state index in [1.165, 1.54) is 18.4 Å². The van der Waals surface area contributed by atoms with Crippen LogP contribution in [0.2, 0.25) is 0 Å². The van der Waals surface area contributed by atoms with E-state index >= 15 is 0 Å². The fraction of sp³-hybridized carbons (Fsp3) is 0.579. The van der Waals surface area contributed by atoms with Gasteiger partial charge >= 0.3 is 6.03 Å². The van der Waals surface area contributed by atoms with Crippen LogP contribution in [0, 0.1) is 0 Å². The maximum absolute atomic E-state index is 11.3. The molecule has 2 fully saturated rings. The highest BCUT2D eigenvalue weighted by molar-refractivity contribution is 14.0. The minimum absolute atomic E-state index is 0. The van der Waals surface area contributed by atoms with Crippen molar-refractivity contribution in [2.75, 3.05) is 26.2 Å². The number of halogens is 2. The van der Waals surface area contributed by atoms with E-state index in [0.29, 0.717) is 19.1 Å². The van der Waals surface area contributed by atoms with Crippen LogP contribution in [0.15, 0.2) is 33.7 Å². The monoisotopic (exact) mass is 549 g/mol. The van der Waals surface area contributed by atoms with Crippen LogP contribution < -0.4 is 16.4 Å². The van der Waals surface area contributed by atoms with E-state index in [0.717, 1.165) is 36.4 Å². The molecule has 2 amide bonds. The molecule has 0 atom stereocenters. The minimum atomic E-state index is -0.325. The smallest absolute Gasteiger partial charge is 0.314 e. The Kier molecular flexibility index (Phi) is 8.20. The lowest BCUT2D eigenvalue weighted by atomic mass is 9.96. The first-order valence-electron chi connectivity index (χ1n) is 9.38. The molecule has 8 heteroatoms. The number of hydrogen-bond acceptors (Lipinski definition) is 2. The molecule has 6 nitrogen and oxygen atoms in total. The largest absolute Gasteiger partial charge is 0.357 e. The summed E-state index contributed by atoms with van der Waals surface area (Å²) in [5.74, 6) is 0.867. The number of nitrogens with two attached hydrogens (primary N) is 1. The molecule has 0 unspecified atom stereocenters. The highest BCUT2D eigenvalue weighted by Crippen LogP contribution is 2.48. The van der Waals surface area contributed by atoms with Gasteiger partial charge in [-0.25, -0.2) is 4.79 Å². The molecule has 0 bridgehead atoms. The van der Waals surface area contributed by atoms with Crippen LogP contribution >= 0.6 is 39.9 Å². The van der Waals surface area contributed by atoms with Gasteiger partial charge in [-0.15, -0.1) is 24.0 Å². The van der Waals surface area contributed by atoms with Crippen molar-refractivity contribution in [2.45, 2.75) is 44.1 Å². The van der Waals surface area contributed by atoms with Crippen molar-refractivity contribution in [1.82, 2.24) is 15.5 Å². The second-order valence-corrected chi connectivity index (χ2v) is 8.15. The van der Waals surface area contributed by atoms with Gasteiger partial charge in [0.05, 0.1) is 6.54 Å². The van der Waals surface area contributed by atoms with Gasteiger partial charge in [-0.3, -0.25) is 4.99 Å². The normalized spacial score (nSPS) is 19.2. The highest BCUT2D eigenvalue weighted by atomic mass is 127. The molecule has 0 aromatic heterocycles. The molecular formula is C19H29BrIN5O. The van der Waals surface area contributed by atoms with Gasteiger partial charge in [0.2, 0.25) is 0 Å². The molecular weight excluding hydrogens is 521 g/mol. The number of amides is 2. The van der Waals surface area contributed by atoms with Crippen molar-refractivity contribution >= 4 is 51.9 Å². The summed E-state index contributed by atoms with van der Waals surface area (Å²) in [6, 6.07) is 8.57. The molecule has 2 aliphatic rings. The molecule has 0 spiro atoms. The van der Waals surface area contributed by atoms with Crippen LogP contribution in [0.1, 0.15) is 38.2 Å². The SMILES string of the molecule is CCNC(=NCC1(c2cccc(Br)c2)CC1)NC1CCN(C(N)=O)CC1.I. The summed E-state index contributed by atoms with van der Waals surface area (Å²) in [7, 11) is 0. The first-order valence-corrected chi connectivity index (χ1v) is 10.2. The molecule has 1 aromatic rings. The molecule has 1 aromatic carbocycles. The van der Waals surface area contributed by atoms with Crippen molar-refractivity contribution in [3.05, 3.63) is 34.3 Å². The number of benzene rings is 1. The number of carbonyl (C=O) groups excluding carboxylic acids is 1. The van der Waals surface area contributed by atoms with Gasteiger partial charge in [0.15, 0.2) is 5.96 Å². The lowest BCUT2D eigenvalue weighted by Crippen LogP contribution is -2.50. The number of hydrogen-bond donors (Lipinski definition) is 3. The summed E-state index contributed by atoms with van der Waals surface area (Å²) < 4.78 is 1.12. The maximum Gasteiger partial charge on any atom is 0.314 e. The zero-order chi connectivity index (χ0) is 18.6. The van der Waals surface area contributed by atoms with Gasteiger partial charge in [-0.05, 0) is 50.3 Å². The lowest BCUT2D eigenvalue weighted by molar-refractivity contribution is 0.188. The maximum atomic E-state index is 11.3. The van der Waals surface area contributed by atoms with Crippen LogP contribution in [0.3, 0.4) is 0 Å². The summed E-state index contributed by atoms with van der Waals surface area (Å²) in [4.78, 5) is 17.8. The van der Waals surface area contributed by atoms with Crippen LogP contribution in [0.5, 0.6) is 0 Å². The Balaban J connectivity index is 0.00000261. The van der Waals surface area contributed by atoms with Gasteiger partial charge in [-0.2, -0.15) is 0 Å². The zero-order valence-corrected chi connectivity index (χ0v) is 19.6. The lowest BCUT2D eigenvalue weighted by Gasteiger charge is -2.32. The van der Waals surface area contributed by atoms with E-state index < -0.39 is 0 Å². The Hall–Kier alpha value is -1.03. The zero-order valence-electron chi connectivity index (χ0n) is 15.7. The summed E-state index contributed by atoms with van der Waals surface area (Å²) in [5, 5.41) is 6.88. The number of nitrogens with one attached hydrogen (secondary N) is 2. The number of aliphatic imine (C=N–C) groups is 1. The molecule has 3 rings (SSSR count). The van der Waals surface area contributed by atoms with E-state index in [2.05, 4.69) is 57.8 Å². The van der Waals surface area contributed by atoms with Crippen molar-refractivity contribution in [3.63, 3.8) is 0 Å². The van der Waals surface area contributed by atoms with Gasteiger partial charge in [0.25, 0.3) is 0 Å². The Bertz CT molecular complexity index is 672. The number of rotatable bonds is 5. The third kappa shape index (κ3) is 5.97. The van der Waals surface area contributed by atoms with Gasteiger partial charge in [-0.1, -0.05) is 28.1 Å². The van der Waals surface area contributed by atoms with Crippen LogP contribution in [0.25, 0.3) is 0 Å². The molecule has 1 heterocycles. The van der Waals surface area contributed by atoms with Crippen molar-refractivity contribution < 1.29 is 4.79 Å². The summed E-state index contributed by atoms with van der Waals surface area (Å²) in [6.07, 6.45) is 4.15. The highest BCUT2D eigenvalue weighted by Gasteiger charge is 2.44. The first kappa shape index (κ1) is 22.3. The summed E-state index contributed by atoms with van der Waals surface area (Å²) >= 11 is 3.57. The predicted octanol–water partition coefficient (Wildman–Crippen LogP) is 3.20. The third-order valence-corrected chi connectivity index (χ3v) is 5.82. The molecule has 0 radical (unpaired) electrons. The number of primary amides is 1. The number of likely N-dealkylation sites (tertiary alicyclic amines) is 1. The van der Waals surface area contributed by atoms with Crippen LogP contribution in [0.4, 0.5) is 4.79 Å². The van der Waals surface area contributed by atoms with Gasteiger partial charge in [0.1, 0.15) is 0 Å². The first-order chi connectivity index (χ1) is 12.5. The van der Waals surface area contributed by atoms with Gasteiger partial charge < -0.3 is 21.3 Å². The van der Waals surface area contributed by atoms with Crippen LogP contribution in [-0.4, -0.2) is 49.1 Å². The number of guanidine groups is 1. The molecule has 4 N–H and O–H groups in total. The second kappa shape index (κ2) is 9.95. The number of carbonyl (C=O) groups is 1.